The lowest BCUT2D eigenvalue weighted by atomic mass is 10.1. The molecule has 1 aromatic heterocycles. The third-order valence-electron chi connectivity index (χ3n) is 4.16. The van der Waals surface area contributed by atoms with Crippen LogP contribution in [0.2, 0.25) is 0 Å². The van der Waals surface area contributed by atoms with Crippen LogP contribution >= 0.6 is 0 Å². The molecule has 0 saturated carbocycles. The van der Waals surface area contributed by atoms with Crippen molar-refractivity contribution in [3.63, 3.8) is 0 Å². The molecule has 0 fully saturated rings. The minimum Gasteiger partial charge on any atom is -0.334 e. The van der Waals surface area contributed by atoms with Gasteiger partial charge in [-0.1, -0.05) is 53.9 Å². The number of hydrogen-bond donors (Lipinski definition) is 1. The van der Waals surface area contributed by atoms with E-state index >= 15 is 0 Å². The van der Waals surface area contributed by atoms with Crippen molar-refractivity contribution in [3.05, 3.63) is 83.7 Å². The Morgan fingerprint density at radius 2 is 1.89 bits per heavy atom. The highest BCUT2D eigenvalue weighted by Crippen LogP contribution is 2.09. The van der Waals surface area contributed by atoms with Crippen molar-refractivity contribution in [1.82, 2.24) is 20.0 Å². The predicted octanol–water partition coefficient (Wildman–Crippen LogP) is 3.53. The number of amides is 2. The van der Waals surface area contributed by atoms with Gasteiger partial charge in [0, 0.05) is 24.8 Å². The molecule has 0 saturated heterocycles. The number of nitrogens with one attached hydrogen (secondary N) is 1. The van der Waals surface area contributed by atoms with Crippen LogP contribution in [-0.2, 0) is 13.1 Å². The van der Waals surface area contributed by atoms with Crippen molar-refractivity contribution in [2.45, 2.75) is 20.0 Å². The summed E-state index contributed by atoms with van der Waals surface area (Å²) in [4.78, 5) is 14.2. The Kier molecular flexibility index (Phi) is 5.91. The molecule has 0 aliphatic heterocycles. The molecular weight excluding hydrogens is 336 g/mol. The molecule has 0 atom stereocenters. The largest absolute Gasteiger partial charge is 0.334 e. The second kappa shape index (κ2) is 8.72. The number of nitrogens with zero attached hydrogens (tertiary/aromatic N) is 3. The Bertz CT molecular complexity index is 923. The molecule has 0 aliphatic carbocycles. The van der Waals surface area contributed by atoms with Crippen molar-refractivity contribution in [2.75, 3.05) is 6.54 Å². The van der Waals surface area contributed by atoms with Gasteiger partial charge in [-0.25, -0.2) is 9.48 Å². The summed E-state index contributed by atoms with van der Waals surface area (Å²) in [6, 6.07) is 17.7. The van der Waals surface area contributed by atoms with Crippen LogP contribution in [0.3, 0.4) is 0 Å². The Morgan fingerprint density at radius 3 is 2.59 bits per heavy atom. The van der Waals surface area contributed by atoms with Gasteiger partial charge < -0.3 is 10.2 Å². The highest BCUT2D eigenvalue weighted by atomic mass is 16.2. The number of hydrogen-bond acceptors (Lipinski definition) is 2. The number of urea groups is 1. The van der Waals surface area contributed by atoms with Gasteiger partial charge in [0.25, 0.3) is 0 Å². The molecule has 3 rings (SSSR count). The number of benzene rings is 2. The lowest BCUT2D eigenvalue weighted by Crippen LogP contribution is -2.39. The second-order valence-electron chi connectivity index (χ2n) is 6.33. The van der Waals surface area contributed by atoms with E-state index in [9.17, 15) is 4.79 Å². The summed E-state index contributed by atoms with van der Waals surface area (Å²) in [6.45, 7) is 3.15. The molecule has 2 amide bonds. The molecule has 5 heteroatoms. The summed E-state index contributed by atoms with van der Waals surface area (Å²) in [7, 11) is 0. The zero-order valence-corrected chi connectivity index (χ0v) is 15.3. The molecule has 2 aromatic carbocycles. The number of rotatable bonds is 6. The summed E-state index contributed by atoms with van der Waals surface area (Å²) in [5.74, 6) is 2.55. The van der Waals surface area contributed by atoms with Gasteiger partial charge in [-0.05, 0) is 24.6 Å². The number of aromatic nitrogens is 2. The van der Waals surface area contributed by atoms with Crippen LogP contribution in [0.15, 0.2) is 67.0 Å². The summed E-state index contributed by atoms with van der Waals surface area (Å²) >= 11 is 0. The summed E-state index contributed by atoms with van der Waals surface area (Å²) in [5, 5.41) is 7.26. The van der Waals surface area contributed by atoms with Crippen LogP contribution in [0.1, 0.15) is 16.7 Å². The first kappa shape index (κ1) is 18.3. The van der Waals surface area contributed by atoms with Crippen LogP contribution in [-0.4, -0.2) is 27.3 Å². The van der Waals surface area contributed by atoms with E-state index < -0.39 is 0 Å². The normalized spacial score (nSPS) is 10.2. The maximum absolute atomic E-state index is 12.5. The predicted molar refractivity (Wildman–Crippen MR) is 106 cm³/mol. The second-order valence-corrected chi connectivity index (χ2v) is 6.33. The molecule has 0 unspecified atom stereocenters. The van der Waals surface area contributed by atoms with E-state index in [0.717, 1.165) is 16.8 Å². The average molecular weight is 358 g/mol. The Balaban J connectivity index is 1.60. The first-order chi connectivity index (χ1) is 13.2. The molecule has 5 nitrogen and oxygen atoms in total. The number of carbonyl (C=O) groups excluding carboxylic acids is 1. The molecule has 27 heavy (non-hydrogen) atoms. The Hall–Kier alpha value is -3.52. The Morgan fingerprint density at radius 1 is 1.15 bits per heavy atom. The highest BCUT2D eigenvalue weighted by Gasteiger charge is 2.13. The fourth-order valence-corrected chi connectivity index (χ4v) is 2.69. The van der Waals surface area contributed by atoms with E-state index in [-0.39, 0.29) is 12.6 Å². The maximum atomic E-state index is 12.5. The summed E-state index contributed by atoms with van der Waals surface area (Å²) in [5.41, 5.74) is 4.12. The SMILES string of the molecule is C#CCN(Cc1ccc(C)cc1)C(=O)NCc1cnn(-c2ccccc2)c1. The minimum absolute atomic E-state index is 0.194. The molecule has 0 aliphatic rings. The van der Waals surface area contributed by atoms with E-state index in [1.54, 1.807) is 15.8 Å². The topological polar surface area (TPSA) is 50.2 Å². The van der Waals surface area contributed by atoms with E-state index in [2.05, 4.69) is 16.3 Å². The van der Waals surface area contributed by atoms with Crippen LogP contribution in [0.25, 0.3) is 5.69 Å². The first-order valence-corrected chi connectivity index (χ1v) is 8.76. The standard InChI is InChI=1S/C22H22N4O/c1-3-13-25(16-19-11-9-18(2)10-12-19)22(27)23-14-20-15-24-26(17-20)21-7-5-4-6-8-21/h1,4-12,15,17H,13-14,16H2,2H3,(H,23,27). The zero-order valence-electron chi connectivity index (χ0n) is 15.3. The van der Waals surface area contributed by atoms with Crippen molar-refractivity contribution in [1.29, 1.82) is 0 Å². The van der Waals surface area contributed by atoms with Crippen LogP contribution in [0.5, 0.6) is 0 Å². The fourth-order valence-electron chi connectivity index (χ4n) is 2.69. The van der Waals surface area contributed by atoms with Gasteiger partial charge in [0.2, 0.25) is 0 Å². The lowest BCUT2D eigenvalue weighted by Gasteiger charge is -2.21. The van der Waals surface area contributed by atoms with Gasteiger partial charge in [0.1, 0.15) is 0 Å². The van der Waals surface area contributed by atoms with Gasteiger partial charge in [0.15, 0.2) is 0 Å². The van der Waals surface area contributed by atoms with E-state index in [0.29, 0.717) is 13.1 Å². The number of aryl methyl sites for hydroxylation is 1. The molecule has 3 aromatic rings. The fraction of sp³-hybridized carbons (Fsp3) is 0.182. The van der Waals surface area contributed by atoms with Crippen molar-refractivity contribution in [2.24, 2.45) is 0 Å². The lowest BCUT2D eigenvalue weighted by molar-refractivity contribution is 0.201. The monoisotopic (exact) mass is 358 g/mol. The summed E-state index contributed by atoms with van der Waals surface area (Å²) in [6.07, 6.45) is 9.09. The quantitative estimate of drug-likeness (QED) is 0.686. The van der Waals surface area contributed by atoms with E-state index in [1.807, 2.05) is 67.7 Å². The van der Waals surface area contributed by atoms with Gasteiger partial charge in [-0.15, -0.1) is 6.42 Å². The molecule has 136 valence electrons. The van der Waals surface area contributed by atoms with E-state index in [4.69, 9.17) is 6.42 Å². The van der Waals surface area contributed by atoms with E-state index in [1.165, 1.54) is 5.56 Å². The van der Waals surface area contributed by atoms with Gasteiger partial charge >= 0.3 is 6.03 Å². The van der Waals surface area contributed by atoms with Gasteiger partial charge in [-0.3, -0.25) is 0 Å². The maximum Gasteiger partial charge on any atom is 0.318 e. The molecular formula is C22H22N4O. The van der Waals surface area contributed by atoms with Crippen molar-refractivity contribution < 1.29 is 4.79 Å². The summed E-state index contributed by atoms with van der Waals surface area (Å²) < 4.78 is 1.78. The smallest absolute Gasteiger partial charge is 0.318 e. The van der Waals surface area contributed by atoms with Crippen molar-refractivity contribution in [3.8, 4) is 18.0 Å². The number of para-hydroxylation sites is 1. The first-order valence-electron chi connectivity index (χ1n) is 8.76. The average Bonchev–Trinajstić information content (AvgIpc) is 3.17. The van der Waals surface area contributed by atoms with Crippen LogP contribution < -0.4 is 5.32 Å². The molecule has 0 bridgehead atoms. The highest BCUT2D eigenvalue weighted by molar-refractivity contribution is 5.74. The minimum atomic E-state index is -0.194. The van der Waals surface area contributed by atoms with Crippen LogP contribution in [0, 0.1) is 19.3 Å². The number of terminal acetylenes is 1. The van der Waals surface area contributed by atoms with Crippen LogP contribution in [0.4, 0.5) is 4.79 Å². The third kappa shape index (κ3) is 4.99. The van der Waals surface area contributed by atoms with Gasteiger partial charge in [0.05, 0.1) is 18.4 Å². The molecule has 1 N–H and O–H groups in total. The zero-order chi connectivity index (χ0) is 19.1. The number of carbonyl (C=O) groups is 1. The van der Waals surface area contributed by atoms with Crippen molar-refractivity contribution >= 4 is 6.03 Å². The Labute approximate surface area is 159 Å². The molecule has 1 heterocycles. The molecule has 0 spiro atoms. The third-order valence-corrected chi connectivity index (χ3v) is 4.16. The molecule has 0 radical (unpaired) electrons. The van der Waals surface area contributed by atoms with Gasteiger partial charge in [-0.2, -0.15) is 5.10 Å².